The SMILES string of the molecule is Cc1ccc(S(=O)(=O)Nc2ccc(C(=O)Nc3ccc(Cl)cc3)cc2)cc1[N+](=O)[O-]. The Morgan fingerprint density at radius 2 is 1.57 bits per heavy atom. The lowest BCUT2D eigenvalue weighted by atomic mass is 10.2. The van der Waals surface area contributed by atoms with Crippen molar-refractivity contribution in [3.8, 4) is 0 Å². The van der Waals surface area contributed by atoms with Crippen LogP contribution in [-0.2, 0) is 10.0 Å². The molecule has 0 radical (unpaired) electrons. The number of carbonyl (C=O) groups excluding carboxylic acids is 1. The van der Waals surface area contributed by atoms with Gasteiger partial charge in [-0.05, 0) is 61.5 Å². The summed E-state index contributed by atoms with van der Waals surface area (Å²) in [5.74, 6) is -0.374. The molecular formula is C20H16ClN3O5S. The van der Waals surface area contributed by atoms with E-state index in [1.165, 1.54) is 43.3 Å². The van der Waals surface area contributed by atoms with Gasteiger partial charge in [-0.15, -0.1) is 0 Å². The molecule has 3 aromatic carbocycles. The molecular weight excluding hydrogens is 430 g/mol. The zero-order chi connectivity index (χ0) is 21.9. The molecule has 0 fully saturated rings. The Balaban J connectivity index is 1.74. The highest BCUT2D eigenvalue weighted by molar-refractivity contribution is 7.92. The van der Waals surface area contributed by atoms with Crippen LogP contribution >= 0.6 is 11.6 Å². The molecule has 30 heavy (non-hydrogen) atoms. The summed E-state index contributed by atoms with van der Waals surface area (Å²) < 4.78 is 27.4. The number of benzene rings is 3. The van der Waals surface area contributed by atoms with E-state index in [4.69, 9.17) is 11.6 Å². The van der Waals surface area contributed by atoms with E-state index in [-0.39, 0.29) is 22.2 Å². The number of nitrogens with zero attached hydrogens (tertiary/aromatic N) is 1. The van der Waals surface area contributed by atoms with Gasteiger partial charge in [-0.3, -0.25) is 19.6 Å². The summed E-state index contributed by atoms with van der Waals surface area (Å²) in [5, 5.41) is 14.3. The number of aryl methyl sites for hydroxylation is 1. The van der Waals surface area contributed by atoms with E-state index in [9.17, 15) is 23.3 Å². The van der Waals surface area contributed by atoms with Crippen molar-refractivity contribution in [2.75, 3.05) is 10.0 Å². The molecule has 0 saturated carbocycles. The summed E-state index contributed by atoms with van der Waals surface area (Å²) in [7, 11) is -4.04. The van der Waals surface area contributed by atoms with Crippen LogP contribution in [0, 0.1) is 17.0 Å². The topological polar surface area (TPSA) is 118 Å². The van der Waals surface area contributed by atoms with E-state index < -0.39 is 14.9 Å². The quantitative estimate of drug-likeness (QED) is 0.424. The third-order valence-corrected chi connectivity index (χ3v) is 5.82. The minimum absolute atomic E-state index is 0.210. The van der Waals surface area contributed by atoms with Crippen LogP contribution in [0.25, 0.3) is 0 Å². The molecule has 1 amide bonds. The highest BCUT2D eigenvalue weighted by Crippen LogP contribution is 2.24. The van der Waals surface area contributed by atoms with Crippen LogP contribution in [0.2, 0.25) is 5.02 Å². The normalized spacial score (nSPS) is 11.0. The maximum Gasteiger partial charge on any atom is 0.273 e. The molecule has 0 aliphatic rings. The molecule has 0 atom stereocenters. The van der Waals surface area contributed by atoms with Crippen molar-refractivity contribution < 1.29 is 18.1 Å². The molecule has 0 unspecified atom stereocenters. The third kappa shape index (κ3) is 4.94. The molecule has 3 aromatic rings. The average Bonchev–Trinajstić information content (AvgIpc) is 2.70. The largest absolute Gasteiger partial charge is 0.322 e. The van der Waals surface area contributed by atoms with Crippen molar-refractivity contribution in [1.29, 1.82) is 0 Å². The van der Waals surface area contributed by atoms with E-state index in [1.54, 1.807) is 24.3 Å². The lowest BCUT2D eigenvalue weighted by Gasteiger charge is -2.10. The van der Waals surface area contributed by atoms with Crippen molar-refractivity contribution >= 4 is 44.6 Å². The molecule has 0 saturated heterocycles. The molecule has 0 aromatic heterocycles. The second-order valence-corrected chi connectivity index (χ2v) is 8.47. The van der Waals surface area contributed by atoms with Crippen LogP contribution in [0.15, 0.2) is 71.6 Å². The van der Waals surface area contributed by atoms with Crippen molar-refractivity contribution in [2.24, 2.45) is 0 Å². The van der Waals surface area contributed by atoms with E-state index >= 15 is 0 Å². The monoisotopic (exact) mass is 445 g/mol. The molecule has 0 bridgehead atoms. The number of anilines is 2. The first kappa shape index (κ1) is 21.3. The van der Waals surface area contributed by atoms with Crippen LogP contribution in [0.3, 0.4) is 0 Å². The van der Waals surface area contributed by atoms with E-state index in [0.717, 1.165) is 6.07 Å². The zero-order valence-corrected chi connectivity index (χ0v) is 17.2. The average molecular weight is 446 g/mol. The number of amides is 1. The first-order valence-corrected chi connectivity index (χ1v) is 10.5. The van der Waals surface area contributed by atoms with Gasteiger partial charge in [0, 0.05) is 33.6 Å². The van der Waals surface area contributed by atoms with Gasteiger partial charge < -0.3 is 5.32 Å². The van der Waals surface area contributed by atoms with Gasteiger partial charge >= 0.3 is 0 Å². The van der Waals surface area contributed by atoms with Crippen LogP contribution in [0.1, 0.15) is 15.9 Å². The Morgan fingerprint density at radius 3 is 2.17 bits per heavy atom. The van der Waals surface area contributed by atoms with Crippen LogP contribution in [0.5, 0.6) is 0 Å². The standard InChI is InChI=1S/C20H16ClN3O5S/c1-13-2-11-18(12-19(13)24(26)27)30(28,29)23-17-7-3-14(4-8-17)20(25)22-16-9-5-15(21)6-10-16/h2-12,23H,1H3,(H,22,25). The lowest BCUT2D eigenvalue weighted by molar-refractivity contribution is -0.385. The van der Waals surface area contributed by atoms with Crippen molar-refractivity contribution in [3.05, 3.63) is 93.0 Å². The fourth-order valence-electron chi connectivity index (χ4n) is 2.59. The number of nitrogens with one attached hydrogen (secondary N) is 2. The Kier molecular flexibility index (Phi) is 6.04. The smallest absolute Gasteiger partial charge is 0.273 e. The Labute approximate surface area is 177 Å². The van der Waals surface area contributed by atoms with E-state index in [1.807, 2.05) is 0 Å². The summed E-state index contributed by atoms with van der Waals surface area (Å²) in [6, 6.07) is 16.0. The highest BCUT2D eigenvalue weighted by atomic mass is 35.5. The van der Waals surface area contributed by atoms with Gasteiger partial charge in [0.25, 0.3) is 21.6 Å². The number of hydrogen-bond donors (Lipinski definition) is 2. The number of rotatable bonds is 6. The second kappa shape index (κ2) is 8.52. The maximum atomic E-state index is 12.6. The van der Waals surface area contributed by atoms with Crippen molar-refractivity contribution in [1.82, 2.24) is 0 Å². The van der Waals surface area contributed by atoms with Crippen LogP contribution in [0.4, 0.5) is 17.1 Å². The van der Waals surface area contributed by atoms with Gasteiger partial charge in [0.15, 0.2) is 0 Å². The van der Waals surface area contributed by atoms with Gasteiger partial charge in [-0.1, -0.05) is 17.7 Å². The molecule has 0 spiro atoms. The molecule has 154 valence electrons. The maximum absolute atomic E-state index is 12.6. The van der Waals surface area contributed by atoms with E-state index in [2.05, 4.69) is 10.0 Å². The first-order valence-electron chi connectivity index (χ1n) is 8.60. The van der Waals surface area contributed by atoms with Gasteiger partial charge in [0.2, 0.25) is 0 Å². The van der Waals surface area contributed by atoms with Gasteiger partial charge in [-0.25, -0.2) is 8.42 Å². The number of sulfonamides is 1. The first-order chi connectivity index (χ1) is 14.2. The molecule has 10 heteroatoms. The summed E-state index contributed by atoms with van der Waals surface area (Å²) in [4.78, 5) is 22.5. The number of hydrogen-bond acceptors (Lipinski definition) is 5. The zero-order valence-electron chi connectivity index (χ0n) is 15.6. The summed E-state index contributed by atoms with van der Waals surface area (Å²) in [6.45, 7) is 1.52. The van der Waals surface area contributed by atoms with Crippen molar-refractivity contribution in [2.45, 2.75) is 11.8 Å². The molecule has 3 rings (SSSR count). The number of nitro benzene ring substituents is 1. The number of halogens is 1. The molecule has 8 nitrogen and oxygen atoms in total. The Bertz CT molecular complexity index is 1210. The minimum Gasteiger partial charge on any atom is -0.322 e. The van der Waals surface area contributed by atoms with Gasteiger partial charge in [0.05, 0.1) is 9.82 Å². The second-order valence-electron chi connectivity index (χ2n) is 6.35. The van der Waals surface area contributed by atoms with E-state index in [0.29, 0.717) is 21.8 Å². The summed E-state index contributed by atoms with van der Waals surface area (Å²) in [6.07, 6.45) is 0. The molecule has 0 aliphatic heterocycles. The fraction of sp³-hybridized carbons (Fsp3) is 0.0500. The lowest BCUT2D eigenvalue weighted by Crippen LogP contribution is -2.14. The van der Waals surface area contributed by atoms with Crippen LogP contribution < -0.4 is 10.0 Å². The molecule has 0 aliphatic carbocycles. The minimum atomic E-state index is -4.04. The van der Waals surface area contributed by atoms with Gasteiger partial charge in [0.1, 0.15) is 0 Å². The predicted octanol–water partition coefficient (Wildman–Crippen LogP) is 4.61. The third-order valence-electron chi connectivity index (χ3n) is 4.19. The van der Waals surface area contributed by atoms with Crippen molar-refractivity contribution in [3.63, 3.8) is 0 Å². The highest BCUT2D eigenvalue weighted by Gasteiger charge is 2.20. The summed E-state index contributed by atoms with van der Waals surface area (Å²) in [5.41, 5.74) is 1.16. The fourth-order valence-corrected chi connectivity index (χ4v) is 3.80. The Morgan fingerprint density at radius 1 is 0.967 bits per heavy atom. The predicted molar refractivity (Wildman–Crippen MR) is 114 cm³/mol. The van der Waals surface area contributed by atoms with Crippen LogP contribution in [-0.4, -0.2) is 19.2 Å². The Hall–Kier alpha value is -3.43. The molecule has 0 heterocycles. The number of carbonyl (C=O) groups is 1. The summed E-state index contributed by atoms with van der Waals surface area (Å²) >= 11 is 5.81. The molecule has 2 N–H and O–H groups in total. The number of nitro groups is 1. The van der Waals surface area contributed by atoms with Gasteiger partial charge in [-0.2, -0.15) is 0 Å².